The van der Waals surface area contributed by atoms with E-state index in [1.54, 1.807) is 0 Å². The molecule has 0 amide bonds. The lowest BCUT2D eigenvalue weighted by atomic mass is 9.91. The van der Waals surface area contributed by atoms with Gasteiger partial charge in [-0.2, -0.15) is 0 Å². The van der Waals surface area contributed by atoms with Crippen LogP contribution in [0.15, 0.2) is 17.3 Å². The van der Waals surface area contributed by atoms with Crippen LogP contribution in [0.25, 0.3) is 0 Å². The first kappa shape index (κ1) is 18.9. The first-order valence-electron chi connectivity index (χ1n) is 7.19. The lowest BCUT2D eigenvalue weighted by Gasteiger charge is -2.16. The smallest absolute Gasteiger partial charge is 0.156 e. The Balaban J connectivity index is 2.27. The molecule has 1 aromatic carbocycles. The van der Waals surface area contributed by atoms with E-state index >= 15 is 0 Å². The monoisotopic (exact) mass is 347 g/mol. The van der Waals surface area contributed by atoms with E-state index in [2.05, 4.69) is 25.9 Å². The van der Waals surface area contributed by atoms with Crippen LogP contribution < -0.4 is 4.74 Å². The van der Waals surface area contributed by atoms with Gasteiger partial charge in [0.1, 0.15) is 12.4 Å². The number of benzene rings is 1. The van der Waals surface area contributed by atoms with Gasteiger partial charge in [-0.1, -0.05) is 49.1 Å². The molecular weight excluding hydrogens is 325 g/mol. The molecule has 0 unspecified atom stereocenters. The zero-order valence-electron chi connectivity index (χ0n) is 13.4. The Kier molecular flexibility index (Phi) is 7.30. The summed E-state index contributed by atoms with van der Waals surface area (Å²) < 4.78 is 5.54. The van der Waals surface area contributed by atoms with E-state index in [-0.39, 0.29) is 11.2 Å². The average Bonchev–Trinajstić information content (AvgIpc) is 2.38. The molecule has 0 aromatic heterocycles. The molecule has 0 fully saturated rings. The fourth-order valence-corrected chi connectivity index (χ4v) is 1.99. The number of hydrogen-bond donors (Lipinski definition) is 1. The predicted octanol–water partition coefficient (Wildman–Crippen LogP) is 5.30. The molecule has 0 radical (unpaired) electrons. The van der Waals surface area contributed by atoms with E-state index in [0.717, 1.165) is 18.6 Å². The summed E-state index contributed by atoms with van der Waals surface area (Å²) in [6, 6.07) is 2.80. The van der Waals surface area contributed by atoms with Crippen LogP contribution in [-0.4, -0.2) is 24.0 Å². The summed E-state index contributed by atoms with van der Waals surface area (Å²) in [5, 5.41) is 14.0. The first-order valence-corrected chi connectivity index (χ1v) is 7.95. The zero-order valence-corrected chi connectivity index (χ0v) is 15.0. The number of ether oxygens (including phenoxy) is 1. The van der Waals surface area contributed by atoms with Gasteiger partial charge < -0.3 is 14.7 Å². The van der Waals surface area contributed by atoms with Crippen LogP contribution in [0, 0.1) is 5.41 Å². The molecule has 124 valence electrons. The fourth-order valence-electron chi connectivity index (χ4n) is 1.41. The normalized spacial score (nSPS) is 12.4. The summed E-state index contributed by atoms with van der Waals surface area (Å²) in [5.74, 6) is 0.409. The Bertz CT molecular complexity index is 502. The van der Waals surface area contributed by atoms with E-state index in [9.17, 15) is 5.11 Å². The number of aromatic hydroxyl groups is 1. The largest absolute Gasteiger partial charge is 0.508 e. The maximum atomic E-state index is 9.34. The molecule has 0 bridgehead atoms. The second kappa shape index (κ2) is 8.49. The highest BCUT2D eigenvalue weighted by atomic mass is 35.5. The number of rotatable bonds is 7. The number of halogens is 2. The second-order valence-corrected chi connectivity index (χ2v) is 6.87. The van der Waals surface area contributed by atoms with Crippen molar-refractivity contribution in [3.8, 4) is 11.5 Å². The molecule has 6 heteroatoms. The number of hydrogen-bond acceptors (Lipinski definition) is 4. The van der Waals surface area contributed by atoms with Crippen molar-refractivity contribution >= 4 is 28.9 Å². The number of phenolic OH excluding ortho intramolecular Hbond substituents is 1. The number of phenols is 1. The van der Waals surface area contributed by atoms with Crippen molar-refractivity contribution in [2.75, 3.05) is 13.2 Å². The minimum atomic E-state index is 0.0165. The van der Waals surface area contributed by atoms with Crippen molar-refractivity contribution in [3.63, 3.8) is 0 Å². The lowest BCUT2D eigenvalue weighted by molar-refractivity contribution is 0.133. The molecule has 0 atom stereocenters. The van der Waals surface area contributed by atoms with Crippen LogP contribution in [0.3, 0.4) is 0 Å². The Labute approximate surface area is 142 Å². The second-order valence-electron chi connectivity index (χ2n) is 6.05. The molecule has 0 saturated carbocycles. The molecule has 0 heterocycles. The van der Waals surface area contributed by atoms with E-state index in [0.29, 0.717) is 29.0 Å². The Morgan fingerprint density at radius 1 is 1.14 bits per heavy atom. The fraction of sp³-hybridized carbons (Fsp3) is 0.562. The lowest BCUT2D eigenvalue weighted by Crippen LogP contribution is -2.17. The third-order valence-corrected chi connectivity index (χ3v) is 3.71. The quantitative estimate of drug-likeness (QED) is 0.413. The summed E-state index contributed by atoms with van der Waals surface area (Å²) in [4.78, 5) is 5.28. The minimum Gasteiger partial charge on any atom is -0.508 e. The number of oxime groups is 1. The predicted molar refractivity (Wildman–Crippen MR) is 91.4 cm³/mol. The van der Waals surface area contributed by atoms with Crippen molar-refractivity contribution in [1.82, 2.24) is 0 Å². The molecule has 1 rings (SSSR count). The molecular formula is C16H23Cl2NO3. The molecule has 0 saturated heterocycles. The summed E-state index contributed by atoms with van der Waals surface area (Å²) >= 11 is 11.9. The van der Waals surface area contributed by atoms with Crippen LogP contribution in [0.1, 0.15) is 40.5 Å². The Morgan fingerprint density at radius 2 is 1.68 bits per heavy atom. The highest BCUT2D eigenvalue weighted by Crippen LogP contribution is 2.36. The summed E-state index contributed by atoms with van der Waals surface area (Å²) in [6.07, 6.45) is 1.60. The summed E-state index contributed by atoms with van der Waals surface area (Å²) in [5.41, 5.74) is 0.988. The number of unbranched alkanes of at least 4 members (excludes halogenated alkanes) is 1. The Hall–Kier alpha value is -1.13. The molecule has 1 N–H and O–H groups in total. The first-order chi connectivity index (χ1) is 10.2. The van der Waals surface area contributed by atoms with Crippen molar-refractivity contribution in [1.29, 1.82) is 0 Å². The van der Waals surface area contributed by atoms with E-state index in [4.69, 9.17) is 32.8 Å². The summed E-state index contributed by atoms with van der Waals surface area (Å²) in [6.45, 7) is 9.23. The standard InChI is InChI=1S/C16H23Cl2NO3/c1-11(16(2,3)4)19-22-8-6-5-7-21-15-13(17)9-12(20)10-14(15)18/h9-10,20H,5-8H2,1-4H3. The van der Waals surface area contributed by atoms with Crippen molar-refractivity contribution in [2.24, 2.45) is 10.6 Å². The maximum Gasteiger partial charge on any atom is 0.156 e. The van der Waals surface area contributed by atoms with Gasteiger partial charge in [0, 0.05) is 17.5 Å². The van der Waals surface area contributed by atoms with Gasteiger partial charge in [-0.05, 0) is 19.8 Å². The molecule has 0 aliphatic rings. The van der Waals surface area contributed by atoms with E-state index in [1.807, 2.05) is 6.92 Å². The molecule has 0 aliphatic carbocycles. The van der Waals surface area contributed by atoms with Gasteiger partial charge in [0.2, 0.25) is 0 Å². The molecule has 1 aromatic rings. The highest BCUT2D eigenvalue weighted by molar-refractivity contribution is 6.37. The molecule has 22 heavy (non-hydrogen) atoms. The van der Waals surface area contributed by atoms with Crippen LogP contribution in [0.2, 0.25) is 10.0 Å². The van der Waals surface area contributed by atoms with Gasteiger partial charge in [-0.15, -0.1) is 0 Å². The maximum absolute atomic E-state index is 9.34. The van der Waals surface area contributed by atoms with E-state index in [1.165, 1.54) is 12.1 Å². The minimum absolute atomic E-state index is 0.0165. The van der Waals surface area contributed by atoms with Gasteiger partial charge in [0.05, 0.1) is 22.4 Å². The average molecular weight is 348 g/mol. The third-order valence-electron chi connectivity index (χ3n) is 3.15. The van der Waals surface area contributed by atoms with Crippen molar-refractivity contribution < 1.29 is 14.7 Å². The van der Waals surface area contributed by atoms with Gasteiger partial charge in [0.15, 0.2) is 5.75 Å². The SMILES string of the molecule is CC(=NOCCCCOc1c(Cl)cc(O)cc1Cl)C(C)(C)C. The van der Waals surface area contributed by atoms with Gasteiger partial charge in [0.25, 0.3) is 0 Å². The highest BCUT2D eigenvalue weighted by Gasteiger charge is 2.14. The van der Waals surface area contributed by atoms with Crippen molar-refractivity contribution in [2.45, 2.75) is 40.5 Å². The zero-order chi connectivity index (χ0) is 16.8. The Morgan fingerprint density at radius 3 is 2.23 bits per heavy atom. The van der Waals surface area contributed by atoms with Crippen LogP contribution in [0.5, 0.6) is 11.5 Å². The third kappa shape index (κ3) is 6.32. The van der Waals surface area contributed by atoms with Gasteiger partial charge in [-0.25, -0.2) is 0 Å². The topological polar surface area (TPSA) is 51.0 Å². The van der Waals surface area contributed by atoms with Gasteiger partial charge >= 0.3 is 0 Å². The van der Waals surface area contributed by atoms with Crippen LogP contribution in [0.4, 0.5) is 0 Å². The van der Waals surface area contributed by atoms with Crippen LogP contribution >= 0.6 is 23.2 Å². The van der Waals surface area contributed by atoms with Crippen LogP contribution in [-0.2, 0) is 4.84 Å². The van der Waals surface area contributed by atoms with E-state index < -0.39 is 0 Å². The number of nitrogens with zero attached hydrogens (tertiary/aromatic N) is 1. The molecule has 4 nitrogen and oxygen atoms in total. The van der Waals surface area contributed by atoms with Crippen molar-refractivity contribution in [3.05, 3.63) is 22.2 Å². The molecule has 0 spiro atoms. The molecule has 0 aliphatic heterocycles. The summed E-state index contributed by atoms with van der Waals surface area (Å²) in [7, 11) is 0. The van der Waals surface area contributed by atoms with Gasteiger partial charge in [-0.3, -0.25) is 0 Å².